The van der Waals surface area contributed by atoms with Crippen molar-refractivity contribution in [1.82, 2.24) is 9.88 Å². The fourth-order valence-electron chi connectivity index (χ4n) is 3.46. The van der Waals surface area contributed by atoms with Crippen LogP contribution in [0.5, 0.6) is 0 Å². The highest BCUT2D eigenvalue weighted by atomic mass is 32.2. The van der Waals surface area contributed by atoms with Crippen molar-refractivity contribution in [3.05, 3.63) is 84.2 Å². The van der Waals surface area contributed by atoms with Gasteiger partial charge in [0.15, 0.2) is 5.96 Å². The lowest BCUT2D eigenvalue weighted by Crippen LogP contribution is -2.47. The van der Waals surface area contributed by atoms with Gasteiger partial charge in [-0.3, -0.25) is 14.5 Å². The summed E-state index contributed by atoms with van der Waals surface area (Å²) in [5.41, 5.74) is 6.86. The minimum atomic E-state index is -0.798. The molecule has 0 bridgehead atoms. The smallest absolute Gasteiger partial charge is 0.275 e. The zero-order valence-electron chi connectivity index (χ0n) is 17.8. The molecule has 0 radical (unpaired) electrons. The standard InChI is InChI=1S/C24H23N5O2S/c1-24(15-20(30)29(2)23(25)28-24)16-8-6-9-17(14-16)27-22(31)21-19(12-7-13-26-21)32-18-10-4-3-5-11-18/h3-14H,15H2,1-2H3,(H2,25,28)(H,27,31). The number of nitrogens with one attached hydrogen (secondary N) is 1. The monoisotopic (exact) mass is 445 g/mol. The molecule has 162 valence electrons. The van der Waals surface area contributed by atoms with E-state index in [1.807, 2.05) is 67.6 Å². The van der Waals surface area contributed by atoms with E-state index in [1.165, 1.54) is 16.7 Å². The van der Waals surface area contributed by atoms with Crippen molar-refractivity contribution in [1.29, 1.82) is 0 Å². The Morgan fingerprint density at radius 1 is 1.12 bits per heavy atom. The van der Waals surface area contributed by atoms with Crippen molar-refractivity contribution >= 4 is 35.2 Å². The van der Waals surface area contributed by atoms with E-state index in [0.717, 1.165) is 15.4 Å². The molecule has 8 heteroatoms. The Bertz CT molecular complexity index is 1200. The maximum absolute atomic E-state index is 13.0. The van der Waals surface area contributed by atoms with Crippen LogP contribution in [0, 0.1) is 0 Å². The number of aromatic nitrogens is 1. The number of carbonyl (C=O) groups excluding carboxylic acids is 2. The predicted octanol–water partition coefficient (Wildman–Crippen LogP) is 3.88. The molecule has 1 aromatic heterocycles. The molecule has 1 aliphatic rings. The molecule has 3 aromatic rings. The highest BCUT2D eigenvalue weighted by molar-refractivity contribution is 7.99. The van der Waals surface area contributed by atoms with Crippen LogP contribution in [0.3, 0.4) is 0 Å². The number of hydrogen-bond donors (Lipinski definition) is 2. The third-order valence-electron chi connectivity index (χ3n) is 5.27. The van der Waals surface area contributed by atoms with Crippen LogP contribution < -0.4 is 11.1 Å². The summed E-state index contributed by atoms with van der Waals surface area (Å²) < 4.78 is 0. The van der Waals surface area contributed by atoms with E-state index in [1.54, 1.807) is 19.3 Å². The average molecular weight is 446 g/mol. The molecule has 0 fully saturated rings. The van der Waals surface area contributed by atoms with Gasteiger partial charge in [0, 0.05) is 28.7 Å². The number of aliphatic imine (C=N–C) groups is 1. The van der Waals surface area contributed by atoms with Crippen molar-refractivity contribution in [2.75, 3.05) is 12.4 Å². The lowest BCUT2D eigenvalue weighted by molar-refractivity contribution is -0.128. The summed E-state index contributed by atoms with van der Waals surface area (Å²) >= 11 is 1.48. The molecule has 0 spiro atoms. The zero-order chi connectivity index (χ0) is 22.7. The molecule has 1 aliphatic heterocycles. The summed E-state index contributed by atoms with van der Waals surface area (Å²) in [5, 5.41) is 2.92. The van der Waals surface area contributed by atoms with Gasteiger partial charge >= 0.3 is 0 Å². The molecule has 2 heterocycles. The fourth-order valence-corrected chi connectivity index (χ4v) is 4.39. The molecule has 2 aromatic carbocycles. The maximum atomic E-state index is 13.0. The van der Waals surface area contributed by atoms with Crippen molar-refractivity contribution in [2.24, 2.45) is 10.7 Å². The van der Waals surface area contributed by atoms with Gasteiger partial charge in [0.2, 0.25) is 5.91 Å². The van der Waals surface area contributed by atoms with Crippen LogP contribution in [0.4, 0.5) is 5.69 Å². The predicted molar refractivity (Wildman–Crippen MR) is 126 cm³/mol. The third kappa shape index (κ3) is 4.50. The summed E-state index contributed by atoms with van der Waals surface area (Å²) in [7, 11) is 1.61. The zero-order valence-corrected chi connectivity index (χ0v) is 18.6. The van der Waals surface area contributed by atoms with Crippen molar-refractivity contribution in [3.8, 4) is 0 Å². The Balaban J connectivity index is 1.58. The molecule has 7 nitrogen and oxygen atoms in total. The first kappa shape index (κ1) is 21.6. The van der Waals surface area contributed by atoms with Gasteiger partial charge in [-0.15, -0.1) is 0 Å². The number of guanidine groups is 1. The van der Waals surface area contributed by atoms with Gasteiger partial charge in [-0.25, -0.2) is 9.98 Å². The quantitative estimate of drug-likeness (QED) is 0.621. The lowest BCUT2D eigenvalue weighted by Gasteiger charge is -2.33. The summed E-state index contributed by atoms with van der Waals surface area (Å²) in [4.78, 5) is 37.3. The molecule has 4 rings (SSSR count). The first-order valence-corrected chi connectivity index (χ1v) is 10.9. The second-order valence-corrected chi connectivity index (χ2v) is 8.79. The van der Waals surface area contributed by atoms with E-state index in [9.17, 15) is 9.59 Å². The number of anilines is 1. The van der Waals surface area contributed by atoms with E-state index in [4.69, 9.17) is 5.73 Å². The minimum absolute atomic E-state index is 0.106. The summed E-state index contributed by atoms with van der Waals surface area (Å²) in [6.45, 7) is 1.86. The normalized spacial score (nSPS) is 18.2. The second kappa shape index (κ2) is 8.84. The molecule has 32 heavy (non-hydrogen) atoms. The van der Waals surface area contributed by atoms with E-state index < -0.39 is 5.54 Å². The molecular formula is C24H23N5O2S. The van der Waals surface area contributed by atoms with Crippen molar-refractivity contribution < 1.29 is 9.59 Å². The first-order chi connectivity index (χ1) is 15.4. The van der Waals surface area contributed by atoms with Crippen LogP contribution in [0.15, 0.2) is 87.7 Å². The number of carbonyl (C=O) groups is 2. The number of nitrogens with zero attached hydrogens (tertiary/aromatic N) is 3. The van der Waals surface area contributed by atoms with Crippen LogP contribution in [-0.4, -0.2) is 34.7 Å². The number of hydrogen-bond acceptors (Lipinski definition) is 6. The minimum Gasteiger partial charge on any atom is -0.369 e. The van der Waals surface area contributed by atoms with Gasteiger partial charge in [-0.1, -0.05) is 42.1 Å². The highest BCUT2D eigenvalue weighted by Gasteiger charge is 2.36. The lowest BCUT2D eigenvalue weighted by atomic mass is 9.87. The molecule has 1 atom stereocenters. The van der Waals surface area contributed by atoms with E-state index >= 15 is 0 Å². The number of rotatable bonds is 5. The Hall–Kier alpha value is -3.65. The second-order valence-electron chi connectivity index (χ2n) is 7.67. The molecule has 0 aliphatic carbocycles. The maximum Gasteiger partial charge on any atom is 0.275 e. The number of benzene rings is 2. The number of nitrogens with two attached hydrogens (primary N) is 1. The summed E-state index contributed by atoms with van der Waals surface area (Å²) in [5.74, 6) is -0.242. The van der Waals surface area contributed by atoms with E-state index in [-0.39, 0.29) is 24.2 Å². The van der Waals surface area contributed by atoms with Crippen molar-refractivity contribution in [2.45, 2.75) is 28.7 Å². The van der Waals surface area contributed by atoms with E-state index in [2.05, 4.69) is 15.3 Å². The van der Waals surface area contributed by atoms with Crippen LogP contribution in [0.2, 0.25) is 0 Å². The topological polar surface area (TPSA) is 101 Å². The van der Waals surface area contributed by atoms with E-state index in [0.29, 0.717) is 11.4 Å². The molecular weight excluding hydrogens is 422 g/mol. The van der Waals surface area contributed by atoms with Crippen LogP contribution in [0.25, 0.3) is 0 Å². The van der Waals surface area contributed by atoms with Crippen LogP contribution in [-0.2, 0) is 10.3 Å². The SMILES string of the molecule is CN1C(=O)CC(C)(c2cccc(NC(=O)c3ncccc3Sc3ccccc3)c2)N=C1N. The molecule has 2 amide bonds. The Labute approximate surface area is 190 Å². The summed E-state index contributed by atoms with van der Waals surface area (Å²) in [6.07, 6.45) is 1.79. The van der Waals surface area contributed by atoms with Crippen molar-refractivity contribution in [3.63, 3.8) is 0 Å². The first-order valence-electron chi connectivity index (χ1n) is 10.1. The molecule has 0 saturated carbocycles. The van der Waals surface area contributed by atoms with Gasteiger partial charge in [0.25, 0.3) is 5.91 Å². The average Bonchev–Trinajstić information content (AvgIpc) is 2.79. The molecule has 0 saturated heterocycles. The van der Waals surface area contributed by atoms with Gasteiger partial charge in [0.05, 0.1) is 12.0 Å². The van der Waals surface area contributed by atoms with Gasteiger partial charge in [-0.05, 0) is 48.9 Å². The molecule has 3 N–H and O–H groups in total. The largest absolute Gasteiger partial charge is 0.369 e. The van der Waals surface area contributed by atoms with Gasteiger partial charge in [-0.2, -0.15) is 0 Å². The highest BCUT2D eigenvalue weighted by Crippen LogP contribution is 2.34. The van der Waals surface area contributed by atoms with Gasteiger partial charge in [0.1, 0.15) is 5.69 Å². The Morgan fingerprint density at radius 2 is 1.91 bits per heavy atom. The number of amides is 2. The fraction of sp³-hybridized carbons (Fsp3) is 0.167. The number of pyridine rings is 1. The Morgan fingerprint density at radius 3 is 2.66 bits per heavy atom. The summed E-state index contributed by atoms with van der Waals surface area (Å²) in [6, 6.07) is 20.8. The Kier molecular flexibility index (Phi) is 5.96. The third-order valence-corrected chi connectivity index (χ3v) is 6.33. The van der Waals surface area contributed by atoms with Crippen LogP contribution >= 0.6 is 11.8 Å². The van der Waals surface area contributed by atoms with Crippen LogP contribution in [0.1, 0.15) is 29.4 Å². The molecule has 1 unspecified atom stereocenters. The van der Waals surface area contributed by atoms with Gasteiger partial charge < -0.3 is 11.1 Å².